The molecule has 1 amide bonds. The molecule has 0 heterocycles. The number of benzene rings is 1. The minimum Gasteiger partial charge on any atom is -0.465 e. The number of carbonyl (C=O) groups is 1. The fourth-order valence-corrected chi connectivity index (χ4v) is 0.912. The summed E-state index contributed by atoms with van der Waals surface area (Å²) in [4.78, 5) is 10.1. The highest BCUT2D eigenvalue weighted by atomic mass is 19.3. The predicted octanol–water partition coefficient (Wildman–Crippen LogP) is 2.85. The molecule has 0 radical (unpaired) electrons. The maximum Gasteiger partial charge on any atom is 0.409 e. The van der Waals surface area contributed by atoms with E-state index in [4.69, 9.17) is 5.11 Å². The van der Waals surface area contributed by atoms with E-state index in [-0.39, 0.29) is 5.69 Å². The second-order valence-electron chi connectivity index (χ2n) is 2.47. The molecule has 2 N–H and O–H groups in total. The van der Waals surface area contributed by atoms with Crippen LogP contribution < -0.4 is 5.32 Å². The van der Waals surface area contributed by atoms with Crippen molar-refractivity contribution in [1.82, 2.24) is 0 Å². The third-order valence-electron chi connectivity index (χ3n) is 1.48. The van der Waals surface area contributed by atoms with Crippen LogP contribution in [0.4, 0.5) is 23.7 Å². The van der Waals surface area contributed by atoms with Crippen molar-refractivity contribution in [3.8, 4) is 0 Å². The summed E-state index contributed by atoms with van der Waals surface area (Å²) >= 11 is 0. The van der Waals surface area contributed by atoms with E-state index in [0.29, 0.717) is 0 Å². The van der Waals surface area contributed by atoms with E-state index in [9.17, 15) is 18.0 Å². The molecule has 1 rings (SSSR count). The molecular weight excluding hydrogens is 199 g/mol. The van der Waals surface area contributed by atoms with Gasteiger partial charge in [-0.1, -0.05) is 0 Å². The summed E-state index contributed by atoms with van der Waals surface area (Å²) in [5.41, 5.74) is -0.912. The number of rotatable bonds is 2. The van der Waals surface area contributed by atoms with Crippen LogP contribution in [0, 0.1) is 5.82 Å². The van der Waals surface area contributed by atoms with E-state index in [1.165, 1.54) is 0 Å². The van der Waals surface area contributed by atoms with Crippen molar-refractivity contribution in [2.75, 3.05) is 5.32 Å². The first-order chi connectivity index (χ1) is 6.50. The summed E-state index contributed by atoms with van der Waals surface area (Å²) in [6.45, 7) is 0. The second-order valence-corrected chi connectivity index (χ2v) is 2.47. The van der Waals surface area contributed by atoms with Crippen LogP contribution in [-0.2, 0) is 0 Å². The van der Waals surface area contributed by atoms with E-state index in [1.54, 1.807) is 0 Å². The van der Waals surface area contributed by atoms with Crippen LogP contribution in [0.25, 0.3) is 0 Å². The van der Waals surface area contributed by atoms with E-state index < -0.39 is 23.9 Å². The molecule has 0 unspecified atom stereocenters. The summed E-state index contributed by atoms with van der Waals surface area (Å²) in [7, 11) is 0. The zero-order valence-electron chi connectivity index (χ0n) is 6.80. The molecule has 0 saturated carbocycles. The summed E-state index contributed by atoms with van der Waals surface area (Å²) < 4.78 is 37.0. The molecule has 0 aliphatic carbocycles. The third-order valence-corrected chi connectivity index (χ3v) is 1.48. The van der Waals surface area contributed by atoms with Crippen LogP contribution in [0.5, 0.6) is 0 Å². The molecule has 0 aliphatic heterocycles. The zero-order chi connectivity index (χ0) is 10.7. The van der Waals surface area contributed by atoms with E-state index in [0.717, 1.165) is 18.2 Å². The van der Waals surface area contributed by atoms with Crippen LogP contribution in [0.2, 0.25) is 0 Å². The fourth-order valence-electron chi connectivity index (χ4n) is 0.912. The van der Waals surface area contributed by atoms with Gasteiger partial charge in [-0.25, -0.2) is 18.0 Å². The number of halogens is 3. The predicted molar refractivity (Wildman–Crippen MR) is 43.0 cm³/mol. The molecule has 76 valence electrons. The SMILES string of the molecule is O=C(O)Nc1ccc(F)c(C(F)F)c1. The first-order valence-corrected chi connectivity index (χ1v) is 3.58. The van der Waals surface area contributed by atoms with Gasteiger partial charge in [0.1, 0.15) is 5.82 Å². The Morgan fingerprint density at radius 2 is 2.07 bits per heavy atom. The van der Waals surface area contributed by atoms with Gasteiger partial charge in [0.25, 0.3) is 6.43 Å². The molecule has 1 aromatic carbocycles. The smallest absolute Gasteiger partial charge is 0.409 e. The molecular formula is C8H6F3NO2. The number of hydrogen-bond acceptors (Lipinski definition) is 1. The lowest BCUT2D eigenvalue weighted by molar-refractivity contribution is 0.146. The van der Waals surface area contributed by atoms with Crippen molar-refractivity contribution < 1.29 is 23.1 Å². The third kappa shape index (κ3) is 2.38. The van der Waals surface area contributed by atoms with Crippen molar-refractivity contribution in [2.24, 2.45) is 0 Å². The highest BCUT2D eigenvalue weighted by Crippen LogP contribution is 2.24. The molecule has 3 nitrogen and oxygen atoms in total. The van der Waals surface area contributed by atoms with Gasteiger partial charge in [-0.3, -0.25) is 5.32 Å². The monoisotopic (exact) mass is 205 g/mol. The average molecular weight is 205 g/mol. The topological polar surface area (TPSA) is 49.3 Å². The highest BCUT2D eigenvalue weighted by molar-refractivity contribution is 5.82. The lowest BCUT2D eigenvalue weighted by Gasteiger charge is -2.05. The van der Waals surface area contributed by atoms with Gasteiger partial charge in [-0.05, 0) is 18.2 Å². The number of nitrogens with one attached hydrogen (secondary N) is 1. The molecule has 0 atom stereocenters. The standard InChI is InChI=1S/C8H6F3NO2/c9-6-2-1-4(12-8(13)14)3-5(6)7(10)11/h1-3,7,12H,(H,13,14). The number of carboxylic acid groups (broad SMARTS) is 1. The van der Waals surface area contributed by atoms with Crippen LogP contribution in [-0.4, -0.2) is 11.2 Å². The van der Waals surface area contributed by atoms with Crippen LogP contribution in [0.3, 0.4) is 0 Å². The van der Waals surface area contributed by atoms with Gasteiger partial charge in [0.2, 0.25) is 0 Å². The van der Waals surface area contributed by atoms with Crippen LogP contribution >= 0.6 is 0 Å². The van der Waals surface area contributed by atoms with E-state index >= 15 is 0 Å². The molecule has 6 heteroatoms. The Morgan fingerprint density at radius 3 is 2.57 bits per heavy atom. The summed E-state index contributed by atoms with van der Waals surface area (Å²) in [6.07, 6.45) is -4.36. The Labute approximate surface area is 77.2 Å². The average Bonchev–Trinajstić information content (AvgIpc) is 2.07. The summed E-state index contributed by atoms with van der Waals surface area (Å²) in [5, 5.41) is 10.1. The van der Waals surface area contributed by atoms with Gasteiger partial charge in [0.05, 0.1) is 5.56 Å². The number of anilines is 1. The first kappa shape index (κ1) is 10.4. The van der Waals surface area contributed by atoms with Gasteiger partial charge in [-0.15, -0.1) is 0 Å². The molecule has 0 bridgehead atoms. The first-order valence-electron chi connectivity index (χ1n) is 3.58. The Balaban J connectivity index is 3.00. The Kier molecular flexibility index (Phi) is 2.95. The van der Waals surface area contributed by atoms with E-state index in [1.807, 2.05) is 5.32 Å². The lowest BCUT2D eigenvalue weighted by atomic mass is 10.2. The normalized spacial score (nSPS) is 10.3. The number of alkyl halides is 2. The van der Waals surface area contributed by atoms with Gasteiger partial charge in [0, 0.05) is 5.69 Å². The van der Waals surface area contributed by atoms with Gasteiger partial charge in [0.15, 0.2) is 0 Å². The van der Waals surface area contributed by atoms with Crippen molar-refractivity contribution in [2.45, 2.75) is 6.43 Å². The minimum atomic E-state index is -2.97. The Hall–Kier alpha value is -1.72. The summed E-state index contributed by atoms with van der Waals surface area (Å²) in [5.74, 6) is -1.06. The van der Waals surface area contributed by atoms with Crippen LogP contribution in [0.1, 0.15) is 12.0 Å². The molecule has 1 aromatic rings. The Morgan fingerprint density at radius 1 is 1.43 bits per heavy atom. The highest BCUT2D eigenvalue weighted by Gasteiger charge is 2.14. The molecule has 0 saturated heterocycles. The fraction of sp³-hybridized carbons (Fsp3) is 0.125. The molecule has 0 aromatic heterocycles. The lowest BCUT2D eigenvalue weighted by Crippen LogP contribution is -2.07. The number of hydrogen-bond donors (Lipinski definition) is 2. The largest absolute Gasteiger partial charge is 0.465 e. The Bertz CT molecular complexity index is 354. The maximum absolute atomic E-state index is 12.7. The quantitative estimate of drug-likeness (QED) is 0.779. The second kappa shape index (κ2) is 3.99. The molecule has 0 aliphatic rings. The molecule has 14 heavy (non-hydrogen) atoms. The van der Waals surface area contributed by atoms with Gasteiger partial charge >= 0.3 is 6.09 Å². The molecule has 0 spiro atoms. The van der Waals surface area contributed by atoms with Crippen molar-refractivity contribution >= 4 is 11.8 Å². The van der Waals surface area contributed by atoms with Crippen molar-refractivity contribution in [3.05, 3.63) is 29.6 Å². The van der Waals surface area contributed by atoms with Gasteiger partial charge in [-0.2, -0.15) is 0 Å². The maximum atomic E-state index is 12.7. The van der Waals surface area contributed by atoms with Gasteiger partial charge < -0.3 is 5.11 Å². The van der Waals surface area contributed by atoms with Crippen molar-refractivity contribution in [1.29, 1.82) is 0 Å². The van der Waals surface area contributed by atoms with E-state index in [2.05, 4.69) is 0 Å². The zero-order valence-corrected chi connectivity index (χ0v) is 6.80. The van der Waals surface area contributed by atoms with Crippen LogP contribution in [0.15, 0.2) is 18.2 Å². The molecule has 0 fully saturated rings. The van der Waals surface area contributed by atoms with Crippen molar-refractivity contribution in [3.63, 3.8) is 0 Å². The summed E-state index contributed by atoms with van der Waals surface area (Å²) in [6, 6.07) is 2.61. The minimum absolute atomic E-state index is 0.0887. The number of amides is 1.